The molecule has 1 aliphatic carbocycles. The summed E-state index contributed by atoms with van der Waals surface area (Å²) in [4.78, 5) is 15.5. The van der Waals surface area contributed by atoms with Crippen LogP contribution in [-0.4, -0.2) is 22.2 Å². The van der Waals surface area contributed by atoms with Gasteiger partial charge in [0.25, 0.3) is 0 Å². The van der Waals surface area contributed by atoms with E-state index in [0.717, 1.165) is 18.5 Å². The topological polar surface area (TPSA) is 59.4 Å². The van der Waals surface area contributed by atoms with Gasteiger partial charge in [-0.2, -0.15) is 0 Å². The quantitative estimate of drug-likeness (QED) is 0.890. The van der Waals surface area contributed by atoms with Crippen molar-refractivity contribution in [1.82, 2.24) is 4.98 Å². The number of nitrogens with zero attached hydrogens (tertiary/aromatic N) is 1. The molecule has 4 nitrogen and oxygen atoms in total. The molecule has 1 N–H and O–H groups in total. The zero-order valence-corrected chi connectivity index (χ0v) is 10.8. The first kappa shape index (κ1) is 12.9. The molecule has 98 valence electrons. The average Bonchev–Trinajstić information content (AvgIpc) is 2.81. The van der Waals surface area contributed by atoms with Crippen LogP contribution in [0.3, 0.4) is 0 Å². The highest BCUT2D eigenvalue weighted by atomic mass is 16.5. The van der Waals surface area contributed by atoms with Crippen molar-refractivity contribution in [2.24, 2.45) is 0 Å². The number of rotatable bonds is 4. The van der Waals surface area contributed by atoms with Crippen molar-refractivity contribution in [3.05, 3.63) is 23.4 Å². The van der Waals surface area contributed by atoms with Crippen molar-refractivity contribution >= 4 is 5.97 Å². The molecule has 0 radical (unpaired) electrons. The molecule has 1 aliphatic rings. The molecular weight excluding hydrogens is 230 g/mol. The van der Waals surface area contributed by atoms with Crippen LogP contribution in [0.4, 0.5) is 0 Å². The summed E-state index contributed by atoms with van der Waals surface area (Å²) >= 11 is 0. The Morgan fingerprint density at radius 1 is 1.39 bits per heavy atom. The maximum absolute atomic E-state index is 11.1. The summed E-state index contributed by atoms with van der Waals surface area (Å²) in [5.41, 5.74) is 1.02. The second-order valence-electron chi connectivity index (χ2n) is 5.10. The molecule has 0 aromatic carbocycles. The van der Waals surface area contributed by atoms with Gasteiger partial charge in [0.15, 0.2) is 0 Å². The summed E-state index contributed by atoms with van der Waals surface area (Å²) in [5, 5.41) is 9.09. The third-order valence-electron chi connectivity index (χ3n) is 3.25. The first-order chi connectivity index (χ1) is 8.56. The third-order valence-corrected chi connectivity index (χ3v) is 3.25. The molecule has 0 spiro atoms. The standard InChI is InChI=1S/C14H19NO3/c1-9(2)12-7-10(14(16)17)8-13(15-12)18-11-5-3-4-6-11/h7-9,11H,3-6H2,1-2H3,(H,16,17). The lowest BCUT2D eigenvalue weighted by Gasteiger charge is -2.14. The van der Waals surface area contributed by atoms with E-state index < -0.39 is 5.97 Å². The Bertz CT molecular complexity index is 437. The van der Waals surface area contributed by atoms with Crippen LogP contribution in [-0.2, 0) is 0 Å². The van der Waals surface area contributed by atoms with Crippen molar-refractivity contribution in [3.63, 3.8) is 0 Å². The number of carboxylic acid groups (broad SMARTS) is 1. The minimum Gasteiger partial charge on any atom is -0.478 e. The first-order valence-corrected chi connectivity index (χ1v) is 6.48. The largest absolute Gasteiger partial charge is 0.478 e. The van der Waals surface area contributed by atoms with Crippen molar-refractivity contribution in [2.45, 2.75) is 51.6 Å². The number of aromatic carboxylic acids is 1. The van der Waals surface area contributed by atoms with Crippen LogP contribution in [0.15, 0.2) is 12.1 Å². The summed E-state index contributed by atoms with van der Waals surface area (Å²) in [6.45, 7) is 3.99. The summed E-state index contributed by atoms with van der Waals surface area (Å²) in [6.07, 6.45) is 4.63. The highest BCUT2D eigenvalue weighted by Crippen LogP contribution is 2.25. The van der Waals surface area contributed by atoms with Gasteiger partial charge in [-0.05, 0) is 37.7 Å². The minimum atomic E-state index is -0.935. The monoisotopic (exact) mass is 249 g/mol. The summed E-state index contributed by atoms with van der Waals surface area (Å²) < 4.78 is 5.78. The van der Waals surface area contributed by atoms with Gasteiger partial charge in [0, 0.05) is 11.8 Å². The third kappa shape index (κ3) is 3.00. The minimum absolute atomic E-state index is 0.190. The van der Waals surface area contributed by atoms with Crippen molar-refractivity contribution in [1.29, 1.82) is 0 Å². The zero-order valence-electron chi connectivity index (χ0n) is 10.8. The number of hydrogen-bond donors (Lipinski definition) is 1. The normalized spacial score (nSPS) is 16.2. The zero-order chi connectivity index (χ0) is 13.1. The molecule has 1 aromatic rings. The van der Waals surface area contributed by atoms with E-state index in [0.29, 0.717) is 5.88 Å². The lowest BCUT2D eigenvalue weighted by Crippen LogP contribution is -2.13. The van der Waals surface area contributed by atoms with E-state index in [-0.39, 0.29) is 17.6 Å². The molecule has 1 aromatic heterocycles. The first-order valence-electron chi connectivity index (χ1n) is 6.48. The molecule has 0 unspecified atom stereocenters. The van der Waals surface area contributed by atoms with Crippen LogP contribution in [0.5, 0.6) is 5.88 Å². The van der Waals surface area contributed by atoms with Crippen LogP contribution in [0.1, 0.15) is 61.5 Å². The fourth-order valence-electron chi connectivity index (χ4n) is 2.18. The molecule has 1 heterocycles. The van der Waals surface area contributed by atoms with Gasteiger partial charge < -0.3 is 9.84 Å². The maximum atomic E-state index is 11.1. The predicted molar refractivity (Wildman–Crippen MR) is 68.2 cm³/mol. The predicted octanol–water partition coefficient (Wildman–Crippen LogP) is 3.22. The smallest absolute Gasteiger partial charge is 0.335 e. The van der Waals surface area contributed by atoms with Gasteiger partial charge in [0.1, 0.15) is 6.10 Å². The molecular formula is C14H19NO3. The fourth-order valence-corrected chi connectivity index (χ4v) is 2.18. The number of aromatic nitrogens is 1. The van der Waals surface area contributed by atoms with E-state index in [9.17, 15) is 4.79 Å². The van der Waals surface area contributed by atoms with Crippen molar-refractivity contribution in [2.75, 3.05) is 0 Å². The highest BCUT2D eigenvalue weighted by molar-refractivity contribution is 5.88. The van der Waals surface area contributed by atoms with Gasteiger partial charge in [-0.1, -0.05) is 13.8 Å². The number of ether oxygens (including phenoxy) is 1. The van der Waals surface area contributed by atoms with Crippen LogP contribution in [0.25, 0.3) is 0 Å². The SMILES string of the molecule is CC(C)c1cc(C(=O)O)cc(OC2CCCC2)n1. The van der Waals surface area contributed by atoms with E-state index in [4.69, 9.17) is 9.84 Å². The Balaban J connectivity index is 2.24. The van der Waals surface area contributed by atoms with E-state index in [2.05, 4.69) is 4.98 Å². The lowest BCUT2D eigenvalue weighted by atomic mass is 10.1. The molecule has 0 amide bonds. The van der Waals surface area contributed by atoms with Crippen LogP contribution >= 0.6 is 0 Å². The van der Waals surface area contributed by atoms with Gasteiger partial charge in [-0.3, -0.25) is 0 Å². The molecule has 0 bridgehead atoms. The van der Waals surface area contributed by atoms with Gasteiger partial charge in [-0.15, -0.1) is 0 Å². The Hall–Kier alpha value is -1.58. The fraction of sp³-hybridized carbons (Fsp3) is 0.571. The number of carbonyl (C=O) groups is 1. The van der Waals surface area contributed by atoms with Gasteiger partial charge >= 0.3 is 5.97 Å². The van der Waals surface area contributed by atoms with Crippen LogP contribution in [0, 0.1) is 0 Å². The highest BCUT2D eigenvalue weighted by Gasteiger charge is 2.19. The Morgan fingerprint density at radius 3 is 2.61 bits per heavy atom. The second-order valence-corrected chi connectivity index (χ2v) is 5.10. The Morgan fingerprint density at radius 2 is 2.06 bits per heavy atom. The Labute approximate surface area is 107 Å². The number of hydrogen-bond acceptors (Lipinski definition) is 3. The van der Waals surface area contributed by atoms with Crippen LogP contribution in [0.2, 0.25) is 0 Å². The Kier molecular flexibility index (Phi) is 3.84. The van der Waals surface area contributed by atoms with Gasteiger partial charge in [0.2, 0.25) is 5.88 Å². The summed E-state index contributed by atoms with van der Waals surface area (Å²) in [6, 6.07) is 3.14. The van der Waals surface area contributed by atoms with Crippen molar-refractivity contribution in [3.8, 4) is 5.88 Å². The second kappa shape index (κ2) is 5.38. The van der Waals surface area contributed by atoms with E-state index in [1.165, 1.54) is 18.9 Å². The molecule has 0 saturated heterocycles. The van der Waals surface area contributed by atoms with Crippen molar-refractivity contribution < 1.29 is 14.6 Å². The maximum Gasteiger partial charge on any atom is 0.335 e. The molecule has 2 rings (SSSR count). The molecule has 1 saturated carbocycles. The molecule has 0 atom stereocenters. The van der Waals surface area contributed by atoms with E-state index in [1.807, 2.05) is 13.8 Å². The number of pyridine rings is 1. The summed E-state index contributed by atoms with van der Waals surface area (Å²) in [7, 11) is 0. The van der Waals surface area contributed by atoms with Gasteiger partial charge in [0.05, 0.1) is 5.56 Å². The lowest BCUT2D eigenvalue weighted by molar-refractivity contribution is 0.0695. The molecule has 0 aliphatic heterocycles. The molecule has 1 fully saturated rings. The summed E-state index contributed by atoms with van der Waals surface area (Å²) in [5.74, 6) is -0.295. The molecule has 18 heavy (non-hydrogen) atoms. The van der Waals surface area contributed by atoms with Crippen LogP contribution < -0.4 is 4.74 Å². The van der Waals surface area contributed by atoms with E-state index >= 15 is 0 Å². The average molecular weight is 249 g/mol. The van der Waals surface area contributed by atoms with E-state index in [1.54, 1.807) is 6.07 Å². The molecule has 4 heteroatoms. The van der Waals surface area contributed by atoms with Gasteiger partial charge in [-0.25, -0.2) is 9.78 Å². The number of carboxylic acids is 1.